The van der Waals surface area contributed by atoms with Crippen LogP contribution < -0.4 is 5.32 Å². The summed E-state index contributed by atoms with van der Waals surface area (Å²) in [6.07, 6.45) is 4.76. The summed E-state index contributed by atoms with van der Waals surface area (Å²) in [7, 11) is 5.95. The van der Waals surface area contributed by atoms with Gasteiger partial charge in [-0.3, -0.25) is 14.6 Å². The molecule has 2 heterocycles. The molecule has 26 heavy (non-hydrogen) atoms. The Balaban J connectivity index is 1.90. The second-order valence-electron chi connectivity index (χ2n) is 8.22. The van der Waals surface area contributed by atoms with E-state index in [1.165, 1.54) is 37.2 Å². The van der Waals surface area contributed by atoms with Crippen molar-refractivity contribution in [3.05, 3.63) is 17.5 Å². The van der Waals surface area contributed by atoms with Gasteiger partial charge in [0.25, 0.3) is 0 Å². The molecule has 0 spiro atoms. The Morgan fingerprint density at radius 1 is 1.35 bits per heavy atom. The minimum Gasteiger partial charge on any atom is -0.355 e. The van der Waals surface area contributed by atoms with Crippen LogP contribution in [0, 0.1) is 5.92 Å². The first-order valence-electron chi connectivity index (χ1n) is 10.00. The molecular weight excluding hydrogens is 324 g/mol. The molecule has 1 fully saturated rings. The van der Waals surface area contributed by atoms with E-state index in [0.29, 0.717) is 12.0 Å². The van der Waals surface area contributed by atoms with Gasteiger partial charge in [-0.1, -0.05) is 20.8 Å². The van der Waals surface area contributed by atoms with E-state index in [0.717, 1.165) is 25.0 Å². The number of guanidine groups is 1. The Bertz CT molecular complexity index is 583. The Morgan fingerprint density at radius 3 is 2.58 bits per heavy atom. The SMILES string of the molecule is CN=C(NCC(C)N1CCC(C)CC1)N(C)Cc1cn(C)nc1C(C)C. The maximum atomic E-state index is 4.61. The molecule has 1 N–H and O–H groups in total. The summed E-state index contributed by atoms with van der Waals surface area (Å²) in [5.74, 6) is 2.25. The number of likely N-dealkylation sites (tertiary alicyclic amines) is 1. The third kappa shape index (κ3) is 5.47. The molecule has 1 aliphatic heterocycles. The highest BCUT2D eigenvalue weighted by Crippen LogP contribution is 2.19. The number of piperidine rings is 1. The van der Waals surface area contributed by atoms with Crippen molar-refractivity contribution >= 4 is 5.96 Å². The van der Waals surface area contributed by atoms with E-state index in [2.05, 4.69) is 66.1 Å². The van der Waals surface area contributed by atoms with E-state index in [-0.39, 0.29) is 0 Å². The Kier molecular flexibility index (Phi) is 7.50. The predicted octanol–water partition coefficient (Wildman–Crippen LogP) is 2.67. The van der Waals surface area contributed by atoms with Gasteiger partial charge in [-0.2, -0.15) is 5.10 Å². The fraction of sp³-hybridized carbons (Fsp3) is 0.800. The first-order valence-corrected chi connectivity index (χ1v) is 10.00. The normalized spacial score (nSPS) is 18.4. The molecule has 2 rings (SSSR count). The van der Waals surface area contributed by atoms with Crippen molar-refractivity contribution in [2.24, 2.45) is 18.0 Å². The van der Waals surface area contributed by atoms with E-state index in [1.807, 2.05) is 18.8 Å². The van der Waals surface area contributed by atoms with Crippen molar-refractivity contribution in [3.8, 4) is 0 Å². The summed E-state index contributed by atoms with van der Waals surface area (Å²) >= 11 is 0. The number of nitrogens with zero attached hydrogens (tertiary/aromatic N) is 5. The quantitative estimate of drug-likeness (QED) is 0.624. The number of hydrogen-bond acceptors (Lipinski definition) is 3. The molecule has 0 saturated carbocycles. The average Bonchev–Trinajstić information content (AvgIpc) is 2.96. The van der Waals surface area contributed by atoms with E-state index >= 15 is 0 Å². The lowest BCUT2D eigenvalue weighted by molar-refractivity contribution is 0.147. The Morgan fingerprint density at radius 2 is 2.00 bits per heavy atom. The summed E-state index contributed by atoms with van der Waals surface area (Å²) < 4.78 is 1.91. The summed E-state index contributed by atoms with van der Waals surface area (Å²) in [4.78, 5) is 9.26. The zero-order valence-corrected chi connectivity index (χ0v) is 17.8. The number of aliphatic imine (C=N–C) groups is 1. The standard InChI is InChI=1S/C20H38N6/c1-15(2)19-18(14-25(7)23-19)13-24(6)20(21-5)22-12-17(4)26-10-8-16(3)9-11-26/h14-17H,8-13H2,1-7H3,(H,21,22). The second kappa shape index (κ2) is 9.40. The zero-order chi connectivity index (χ0) is 19.3. The zero-order valence-electron chi connectivity index (χ0n) is 17.8. The molecule has 1 atom stereocenters. The van der Waals surface area contributed by atoms with Crippen molar-refractivity contribution in [3.63, 3.8) is 0 Å². The van der Waals surface area contributed by atoms with Crippen LogP contribution in [0.5, 0.6) is 0 Å². The third-order valence-electron chi connectivity index (χ3n) is 5.46. The lowest BCUT2D eigenvalue weighted by Gasteiger charge is -2.35. The molecule has 6 heteroatoms. The minimum atomic E-state index is 0.427. The number of rotatable bonds is 6. The van der Waals surface area contributed by atoms with Gasteiger partial charge in [0.05, 0.1) is 5.69 Å². The number of hydrogen-bond donors (Lipinski definition) is 1. The van der Waals surface area contributed by atoms with Crippen LogP contribution >= 0.6 is 0 Å². The number of aromatic nitrogens is 2. The van der Waals surface area contributed by atoms with Gasteiger partial charge in [-0.25, -0.2) is 0 Å². The number of nitrogens with one attached hydrogen (secondary N) is 1. The highest BCUT2D eigenvalue weighted by atomic mass is 15.3. The monoisotopic (exact) mass is 362 g/mol. The van der Waals surface area contributed by atoms with E-state index in [9.17, 15) is 0 Å². The largest absolute Gasteiger partial charge is 0.355 e. The maximum absolute atomic E-state index is 4.61. The molecule has 1 saturated heterocycles. The molecule has 6 nitrogen and oxygen atoms in total. The predicted molar refractivity (Wildman–Crippen MR) is 110 cm³/mol. The van der Waals surface area contributed by atoms with Crippen LogP contribution in [-0.2, 0) is 13.6 Å². The molecule has 0 aromatic carbocycles. The summed E-state index contributed by atoms with van der Waals surface area (Å²) in [6, 6.07) is 0.525. The van der Waals surface area contributed by atoms with E-state index in [1.54, 1.807) is 0 Å². The Hall–Kier alpha value is -1.56. The van der Waals surface area contributed by atoms with Gasteiger partial charge in [-0.15, -0.1) is 0 Å². The minimum absolute atomic E-state index is 0.427. The highest BCUT2D eigenvalue weighted by Gasteiger charge is 2.21. The van der Waals surface area contributed by atoms with E-state index in [4.69, 9.17) is 0 Å². The fourth-order valence-electron chi connectivity index (χ4n) is 3.72. The summed E-state index contributed by atoms with van der Waals surface area (Å²) in [6.45, 7) is 13.2. The van der Waals surface area contributed by atoms with Crippen molar-refractivity contribution in [1.29, 1.82) is 0 Å². The van der Waals surface area contributed by atoms with Crippen LogP contribution in [0.4, 0.5) is 0 Å². The average molecular weight is 363 g/mol. The van der Waals surface area contributed by atoms with Crippen LogP contribution in [0.25, 0.3) is 0 Å². The van der Waals surface area contributed by atoms with Crippen molar-refractivity contribution in [1.82, 2.24) is 24.9 Å². The molecule has 0 radical (unpaired) electrons. The first kappa shape index (κ1) is 20.7. The van der Waals surface area contributed by atoms with Crippen LogP contribution in [0.15, 0.2) is 11.2 Å². The van der Waals surface area contributed by atoms with Crippen molar-refractivity contribution < 1.29 is 0 Å². The lowest BCUT2D eigenvalue weighted by Crippen LogP contribution is -2.48. The molecule has 1 unspecified atom stereocenters. The molecule has 1 aromatic rings. The Labute approximate surface area is 159 Å². The molecule has 0 amide bonds. The summed E-state index contributed by atoms with van der Waals surface area (Å²) in [5.41, 5.74) is 2.44. The van der Waals surface area contributed by atoms with Crippen molar-refractivity contribution in [2.45, 2.75) is 59.0 Å². The smallest absolute Gasteiger partial charge is 0.193 e. The third-order valence-corrected chi connectivity index (χ3v) is 5.46. The molecule has 0 aliphatic carbocycles. The fourth-order valence-corrected chi connectivity index (χ4v) is 3.72. The van der Waals surface area contributed by atoms with Crippen LogP contribution in [0.3, 0.4) is 0 Å². The first-order chi connectivity index (χ1) is 12.3. The number of aryl methyl sites for hydroxylation is 1. The molecular formula is C20H38N6. The van der Waals surface area contributed by atoms with Gasteiger partial charge < -0.3 is 10.2 Å². The molecule has 1 aromatic heterocycles. The second-order valence-corrected chi connectivity index (χ2v) is 8.22. The molecule has 0 bridgehead atoms. The van der Waals surface area contributed by atoms with Crippen LogP contribution in [0.2, 0.25) is 0 Å². The lowest BCUT2D eigenvalue weighted by atomic mass is 9.98. The summed E-state index contributed by atoms with van der Waals surface area (Å²) in [5, 5.41) is 8.17. The van der Waals surface area contributed by atoms with Gasteiger partial charge in [0.15, 0.2) is 5.96 Å². The highest BCUT2D eigenvalue weighted by molar-refractivity contribution is 5.79. The van der Waals surface area contributed by atoms with Crippen LogP contribution in [-0.4, -0.2) is 65.3 Å². The van der Waals surface area contributed by atoms with Gasteiger partial charge in [-0.05, 0) is 44.7 Å². The van der Waals surface area contributed by atoms with Gasteiger partial charge in [0.2, 0.25) is 0 Å². The topological polar surface area (TPSA) is 48.7 Å². The maximum Gasteiger partial charge on any atom is 0.193 e. The van der Waals surface area contributed by atoms with E-state index < -0.39 is 0 Å². The molecule has 1 aliphatic rings. The van der Waals surface area contributed by atoms with Gasteiger partial charge in [0, 0.05) is 52.0 Å². The van der Waals surface area contributed by atoms with Gasteiger partial charge in [0.1, 0.15) is 0 Å². The van der Waals surface area contributed by atoms with Crippen LogP contribution in [0.1, 0.15) is 57.7 Å². The van der Waals surface area contributed by atoms with Gasteiger partial charge >= 0.3 is 0 Å². The molecule has 148 valence electrons. The van der Waals surface area contributed by atoms with Crippen molar-refractivity contribution in [2.75, 3.05) is 33.7 Å².